The van der Waals surface area contributed by atoms with Gasteiger partial charge in [0.25, 0.3) is 15.7 Å². The largest absolute Gasteiger partial charge is 0.279 e. The topological polar surface area (TPSA) is 89.3 Å². The van der Waals surface area contributed by atoms with E-state index in [1.807, 2.05) is 0 Å². The Kier molecular flexibility index (Phi) is 4.84. The van der Waals surface area contributed by atoms with E-state index >= 15 is 0 Å². The number of anilines is 1. The number of halogens is 2. The summed E-state index contributed by atoms with van der Waals surface area (Å²) in [5, 5.41) is 11.2. The lowest BCUT2D eigenvalue weighted by Gasteiger charge is -2.12. The van der Waals surface area contributed by atoms with Gasteiger partial charge in [-0.1, -0.05) is 23.2 Å². The number of benzene rings is 2. The Bertz CT molecular complexity index is 898. The van der Waals surface area contributed by atoms with E-state index < -0.39 is 14.9 Å². The zero-order valence-corrected chi connectivity index (χ0v) is 14.5. The van der Waals surface area contributed by atoms with E-state index in [0.29, 0.717) is 11.1 Å². The fraction of sp³-hybridized carbons (Fsp3) is 0.143. The molecule has 0 spiro atoms. The van der Waals surface area contributed by atoms with Crippen molar-refractivity contribution in [2.45, 2.75) is 18.7 Å². The summed E-state index contributed by atoms with van der Waals surface area (Å²) in [6, 6.07) is 6.76. The van der Waals surface area contributed by atoms with Gasteiger partial charge in [0.15, 0.2) is 0 Å². The van der Waals surface area contributed by atoms with E-state index in [0.717, 1.165) is 0 Å². The van der Waals surface area contributed by atoms with Gasteiger partial charge >= 0.3 is 0 Å². The van der Waals surface area contributed by atoms with Gasteiger partial charge in [0.05, 0.1) is 15.6 Å². The Morgan fingerprint density at radius 2 is 1.74 bits per heavy atom. The Morgan fingerprint density at radius 3 is 2.35 bits per heavy atom. The molecule has 0 bridgehead atoms. The molecule has 122 valence electrons. The summed E-state index contributed by atoms with van der Waals surface area (Å²) in [5.41, 5.74) is 0.926. The van der Waals surface area contributed by atoms with Gasteiger partial charge < -0.3 is 0 Å². The molecule has 0 unspecified atom stereocenters. The minimum Gasteiger partial charge on any atom is -0.279 e. The van der Waals surface area contributed by atoms with Crippen LogP contribution in [0.1, 0.15) is 11.1 Å². The molecule has 9 heteroatoms. The number of aryl methyl sites for hydroxylation is 2. The van der Waals surface area contributed by atoms with Crippen molar-refractivity contribution in [1.29, 1.82) is 0 Å². The molecule has 0 saturated carbocycles. The van der Waals surface area contributed by atoms with Crippen LogP contribution in [-0.2, 0) is 10.0 Å². The highest BCUT2D eigenvalue weighted by atomic mass is 35.5. The van der Waals surface area contributed by atoms with Crippen LogP contribution in [0.2, 0.25) is 10.0 Å². The van der Waals surface area contributed by atoms with Crippen LogP contribution in [0.5, 0.6) is 0 Å². The van der Waals surface area contributed by atoms with Crippen LogP contribution in [0.25, 0.3) is 0 Å². The molecule has 0 aliphatic carbocycles. The van der Waals surface area contributed by atoms with E-state index in [-0.39, 0.29) is 26.3 Å². The maximum absolute atomic E-state index is 12.5. The average Bonchev–Trinajstić information content (AvgIpc) is 2.43. The van der Waals surface area contributed by atoms with Crippen molar-refractivity contribution in [3.63, 3.8) is 0 Å². The summed E-state index contributed by atoms with van der Waals surface area (Å²) in [4.78, 5) is 10.2. The van der Waals surface area contributed by atoms with Crippen molar-refractivity contribution >= 4 is 44.6 Å². The third-order valence-electron chi connectivity index (χ3n) is 3.17. The van der Waals surface area contributed by atoms with Crippen molar-refractivity contribution in [3.05, 3.63) is 61.6 Å². The number of hydrogen-bond acceptors (Lipinski definition) is 4. The quantitative estimate of drug-likeness (QED) is 0.637. The first-order chi connectivity index (χ1) is 10.6. The molecule has 1 N–H and O–H groups in total. The van der Waals surface area contributed by atoms with Gasteiger partial charge in [-0.2, -0.15) is 0 Å². The summed E-state index contributed by atoms with van der Waals surface area (Å²) >= 11 is 11.7. The number of hydrogen-bond donors (Lipinski definition) is 1. The lowest BCUT2D eigenvalue weighted by atomic mass is 10.1. The molecule has 0 amide bonds. The van der Waals surface area contributed by atoms with E-state index in [9.17, 15) is 18.5 Å². The van der Waals surface area contributed by atoms with E-state index in [4.69, 9.17) is 23.2 Å². The normalized spacial score (nSPS) is 11.3. The van der Waals surface area contributed by atoms with Crippen LogP contribution in [0, 0.1) is 24.0 Å². The minimum atomic E-state index is -4.03. The number of nitro benzene ring substituents is 1. The Labute approximate surface area is 143 Å². The highest BCUT2D eigenvalue weighted by Gasteiger charge is 2.21. The fourth-order valence-electron chi connectivity index (χ4n) is 2.03. The maximum atomic E-state index is 12.5. The second-order valence-corrected chi connectivity index (χ2v) is 7.39. The van der Waals surface area contributed by atoms with Gasteiger partial charge in [-0.3, -0.25) is 14.8 Å². The van der Waals surface area contributed by atoms with Gasteiger partial charge in [0.1, 0.15) is 4.90 Å². The summed E-state index contributed by atoms with van der Waals surface area (Å²) in [5.74, 6) is 0. The smallest absolute Gasteiger partial charge is 0.274 e. The molecule has 0 fully saturated rings. The van der Waals surface area contributed by atoms with Crippen LogP contribution in [-0.4, -0.2) is 13.3 Å². The van der Waals surface area contributed by atoms with Crippen molar-refractivity contribution in [1.82, 2.24) is 0 Å². The SMILES string of the molecule is Cc1cc(C)c([N+](=O)[O-])cc1NS(=O)(=O)c1cc(Cl)ccc1Cl. The monoisotopic (exact) mass is 374 g/mol. The first-order valence-electron chi connectivity index (χ1n) is 6.35. The summed E-state index contributed by atoms with van der Waals surface area (Å²) in [7, 11) is -4.03. The molecule has 0 atom stereocenters. The molecule has 2 rings (SSSR count). The average molecular weight is 375 g/mol. The molecule has 0 aliphatic heterocycles. The van der Waals surface area contributed by atoms with Gasteiger partial charge in [-0.25, -0.2) is 8.42 Å². The van der Waals surface area contributed by atoms with Crippen molar-refractivity contribution in [3.8, 4) is 0 Å². The first-order valence-corrected chi connectivity index (χ1v) is 8.59. The maximum Gasteiger partial charge on any atom is 0.274 e. The highest BCUT2D eigenvalue weighted by molar-refractivity contribution is 7.92. The van der Waals surface area contributed by atoms with Crippen molar-refractivity contribution in [2.24, 2.45) is 0 Å². The third-order valence-corrected chi connectivity index (χ3v) is 5.25. The van der Waals surface area contributed by atoms with Crippen LogP contribution in [0.15, 0.2) is 35.2 Å². The van der Waals surface area contributed by atoms with Gasteiger partial charge in [-0.05, 0) is 43.7 Å². The third kappa shape index (κ3) is 3.74. The predicted molar refractivity (Wildman–Crippen MR) is 89.8 cm³/mol. The zero-order valence-electron chi connectivity index (χ0n) is 12.1. The highest BCUT2D eigenvalue weighted by Crippen LogP contribution is 2.30. The van der Waals surface area contributed by atoms with Gasteiger partial charge in [0, 0.05) is 16.7 Å². The van der Waals surface area contributed by atoms with E-state index in [1.54, 1.807) is 13.8 Å². The van der Waals surface area contributed by atoms with Gasteiger partial charge in [-0.15, -0.1) is 0 Å². The minimum absolute atomic E-state index is 0.00108. The van der Waals surface area contributed by atoms with Crippen LogP contribution in [0.4, 0.5) is 11.4 Å². The molecule has 23 heavy (non-hydrogen) atoms. The molecule has 2 aromatic rings. The molecule has 0 saturated heterocycles. The van der Waals surface area contributed by atoms with Gasteiger partial charge in [0.2, 0.25) is 0 Å². The number of rotatable bonds is 4. The number of nitrogens with one attached hydrogen (secondary N) is 1. The lowest BCUT2D eigenvalue weighted by molar-refractivity contribution is -0.385. The van der Waals surface area contributed by atoms with Crippen molar-refractivity contribution in [2.75, 3.05) is 4.72 Å². The number of nitro groups is 1. The zero-order chi connectivity index (χ0) is 17.4. The fourth-order valence-corrected chi connectivity index (χ4v) is 3.92. The molecule has 0 aliphatic rings. The summed E-state index contributed by atoms with van der Waals surface area (Å²) in [6.45, 7) is 3.23. The lowest BCUT2D eigenvalue weighted by Crippen LogP contribution is -2.14. The van der Waals surface area contributed by atoms with Crippen LogP contribution in [0.3, 0.4) is 0 Å². The molecule has 6 nitrogen and oxygen atoms in total. The number of nitrogens with zero attached hydrogens (tertiary/aromatic N) is 1. The van der Waals surface area contributed by atoms with E-state index in [2.05, 4.69) is 4.72 Å². The Hall–Kier alpha value is -1.83. The standard InChI is InChI=1S/C14H12Cl2N2O4S/c1-8-5-9(2)13(18(19)20)7-12(8)17-23(21,22)14-6-10(15)3-4-11(14)16/h3-7,17H,1-2H3. The summed E-state index contributed by atoms with van der Waals surface area (Å²) in [6.07, 6.45) is 0. The molecular formula is C14H12Cl2N2O4S. The second kappa shape index (κ2) is 6.35. The molecule has 0 heterocycles. The Morgan fingerprint density at radius 1 is 1.09 bits per heavy atom. The predicted octanol–water partition coefficient (Wildman–Crippen LogP) is 4.32. The molecular weight excluding hydrogens is 363 g/mol. The molecule has 0 radical (unpaired) electrons. The second-order valence-electron chi connectivity index (χ2n) is 4.89. The van der Waals surface area contributed by atoms with Crippen LogP contribution >= 0.6 is 23.2 Å². The first kappa shape index (κ1) is 17.5. The van der Waals surface area contributed by atoms with Crippen molar-refractivity contribution < 1.29 is 13.3 Å². The van der Waals surface area contributed by atoms with Crippen LogP contribution < -0.4 is 4.72 Å². The van der Waals surface area contributed by atoms with E-state index in [1.165, 1.54) is 30.3 Å². The Balaban J connectivity index is 2.51. The molecule has 2 aromatic carbocycles. The molecule has 0 aromatic heterocycles. The summed E-state index contributed by atoms with van der Waals surface area (Å²) < 4.78 is 27.3. The number of sulfonamides is 1.